The van der Waals surface area contributed by atoms with Gasteiger partial charge in [0.25, 0.3) is 0 Å². The van der Waals surface area contributed by atoms with E-state index >= 15 is 0 Å². The van der Waals surface area contributed by atoms with Gasteiger partial charge in [0, 0.05) is 0 Å². The van der Waals surface area contributed by atoms with Gasteiger partial charge in [-0.2, -0.15) is 0 Å². The molecular weight excluding hydrogens is 269 g/mol. The molecule has 0 heterocycles. The van der Waals surface area contributed by atoms with E-state index in [0.717, 1.165) is 0 Å². The second kappa shape index (κ2) is 3350. The molecule has 0 saturated heterocycles. The van der Waals surface area contributed by atoms with Crippen LogP contribution in [0.3, 0.4) is 0 Å². The van der Waals surface area contributed by atoms with Crippen LogP contribution < -0.4 is 94.8 Å². The number of nitrogens with zero attached hydrogens (tertiary/aromatic N) is 5. The third kappa shape index (κ3) is 2890. The molecule has 0 aromatic rings. The molecule has 64 valence electrons. The zero-order chi connectivity index (χ0) is 10.0. The molecule has 0 spiro atoms. The fourth-order valence-corrected chi connectivity index (χ4v) is 0. The zero-order valence-corrected chi connectivity index (χ0v) is 15.9. The first-order valence-electron chi connectivity index (χ1n) is 1.12. The van der Waals surface area contributed by atoms with Crippen molar-refractivity contribution in [2.24, 2.45) is 0 Å². The van der Waals surface area contributed by atoms with Crippen LogP contribution in [0.1, 0.15) is 0 Å². The van der Waals surface area contributed by atoms with Crippen LogP contribution in [0.15, 0.2) is 0 Å². The van der Waals surface area contributed by atoms with Gasteiger partial charge in [0.15, 0.2) is 0 Å². The predicted molar refractivity (Wildman–Crippen MR) is 29.9 cm³/mol. The van der Waals surface area contributed by atoms with Gasteiger partial charge in [0.2, 0.25) is 0 Å². The Morgan fingerprint density at radius 2 is 0.400 bits per heavy atom. The van der Waals surface area contributed by atoms with Crippen molar-refractivity contribution >= 4 is 0 Å². The molecule has 6 nitrogen and oxygen atoms in total. The van der Waals surface area contributed by atoms with E-state index in [0.29, 0.717) is 0 Å². The number of rotatable bonds is 0. The molecule has 0 amide bonds. The molecule has 3 N–H and O–H groups in total. The van der Waals surface area contributed by atoms with Crippen LogP contribution in [-0.4, -0.2) is 0 Å². The molecule has 0 aromatic heterocycles. The quantitative estimate of drug-likeness (QED) is 0.341. The van der Waals surface area contributed by atoms with Crippen molar-refractivity contribution in [3.05, 3.63) is 32.9 Å². The number of hydrogen-bond donors (Lipinski definition) is 1. The summed E-state index contributed by atoms with van der Waals surface area (Å²) < 4.78 is 0. The topological polar surface area (TPSA) is 154 Å². The van der Waals surface area contributed by atoms with Crippen LogP contribution in [0.4, 0.5) is 0 Å². The number of hydrogen-bond acceptors (Lipinski definition) is 6. The summed E-state index contributed by atoms with van der Waals surface area (Å²) in [5, 5.41) is 31.2. The molecule has 0 aliphatic rings. The van der Waals surface area contributed by atoms with Crippen LogP contribution in [0, 0.1) is 59.2 Å². The molecule has 0 aliphatic carbocycles. The second-order valence-corrected chi connectivity index (χ2v) is 0. The van der Waals surface area contributed by atoms with Crippen LogP contribution in [-0.2, 0) is 17.1 Å². The SMILES string of the molecule is N.[C-]#N.[C-]#N.[C-]#N.[C-]#N.[C-]#N.[Fe+2].[Na+].[Na+].[Na+]. The molecule has 0 fully saturated rings. The van der Waals surface area contributed by atoms with Gasteiger partial charge < -0.3 is 65.3 Å². The Morgan fingerprint density at radius 1 is 0.400 bits per heavy atom. The predicted octanol–water partition coefficient (Wildman–Crippen LogP) is -8.35. The van der Waals surface area contributed by atoms with Gasteiger partial charge in [0.05, 0.1) is 0 Å². The molecule has 10 heteroatoms. The molecule has 0 bridgehead atoms. The summed E-state index contributed by atoms with van der Waals surface area (Å²) in [4.78, 5) is 0. The van der Waals surface area contributed by atoms with Crippen LogP contribution >= 0.6 is 0 Å². The Labute approximate surface area is 168 Å². The zero-order valence-electron chi connectivity index (χ0n) is 8.80. The van der Waals surface area contributed by atoms with E-state index in [4.69, 9.17) is 59.2 Å². The maximum Gasteiger partial charge on any atom is 2.00 e. The first kappa shape index (κ1) is 101. The summed E-state index contributed by atoms with van der Waals surface area (Å²) in [5.41, 5.74) is 0. The fourth-order valence-electron chi connectivity index (χ4n) is 0. The minimum Gasteiger partial charge on any atom is -0.512 e. The summed E-state index contributed by atoms with van der Waals surface area (Å²) in [6.07, 6.45) is 0. The second-order valence-electron chi connectivity index (χ2n) is 0. The first-order valence-corrected chi connectivity index (χ1v) is 1.12. The van der Waals surface area contributed by atoms with E-state index in [9.17, 15) is 0 Å². The van der Waals surface area contributed by atoms with E-state index < -0.39 is 0 Å². The van der Waals surface area contributed by atoms with Crippen LogP contribution in [0.2, 0.25) is 0 Å². The largest absolute Gasteiger partial charge is 2.00 e. The molecule has 0 aromatic carbocycles. The van der Waals surface area contributed by atoms with E-state index in [-0.39, 0.29) is 112 Å². The van der Waals surface area contributed by atoms with Crippen molar-refractivity contribution in [2.75, 3.05) is 0 Å². The van der Waals surface area contributed by atoms with Crippen molar-refractivity contribution in [3.63, 3.8) is 0 Å². The average Bonchev–Trinajstić information content (AvgIpc) is 2.20. The third-order valence-electron chi connectivity index (χ3n) is 0. The van der Waals surface area contributed by atoms with Gasteiger partial charge in [-0.3, -0.25) is 0 Å². The first-order chi connectivity index (χ1) is 5.00. The summed E-state index contributed by atoms with van der Waals surface area (Å²) in [6, 6.07) is 0. The molecule has 0 radical (unpaired) electrons. The Morgan fingerprint density at radius 3 is 0.400 bits per heavy atom. The Kier molecular flexibility index (Phi) is 22600. The molecule has 15 heavy (non-hydrogen) atoms. The van der Waals surface area contributed by atoms with Gasteiger partial charge in [-0.05, 0) is 0 Å². The van der Waals surface area contributed by atoms with Crippen LogP contribution in [0.5, 0.6) is 0 Å². The summed E-state index contributed by atoms with van der Waals surface area (Å²) >= 11 is 0. The van der Waals surface area contributed by atoms with Crippen molar-refractivity contribution in [1.29, 1.82) is 26.3 Å². The van der Waals surface area contributed by atoms with Gasteiger partial charge in [-0.25, -0.2) is 0 Å². The summed E-state index contributed by atoms with van der Waals surface area (Å²) in [6.45, 7) is 23.8. The maximum absolute atomic E-state index is 6.25. The summed E-state index contributed by atoms with van der Waals surface area (Å²) in [7, 11) is 0. The average molecular weight is 272 g/mol. The summed E-state index contributed by atoms with van der Waals surface area (Å²) in [5.74, 6) is 0. The monoisotopic (exact) mass is 272 g/mol. The molecular formula is C5H3FeN6Na3. The molecule has 0 atom stereocenters. The van der Waals surface area contributed by atoms with Crippen molar-refractivity contribution in [3.8, 4) is 0 Å². The van der Waals surface area contributed by atoms with Crippen molar-refractivity contribution < 1.29 is 106 Å². The normalized spacial score (nSPS) is 0.667. The third-order valence-corrected chi connectivity index (χ3v) is 0. The Hall–Kier alpha value is 0.929. The molecule has 0 aliphatic heterocycles. The standard InChI is InChI=1S/5CN.Fe.H3N.3Na/c5*1-2;;;;;/h;;;;;;1H3;;;/q5*-1;+2;;3*+1. The van der Waals surface area contributed by atoms with Crippen LogP contribution in [0.25, 0.3) is 0 Å². The van der Waals surface area contributed by atoms with Gasteiger partial charge in [-0.1, -0.05) is 0 Å². The fraction of sp³-hybridized carbons (Fsp3) is 0. The van der Waals surface area contributed by atoms with Gasteiger partial charge in [0.1, 0.15) is 0 Å². The Bertz CT molecular complexity index is 85.3. The molecule has 0 rings (SSSR count). The van der Waals surface area contributed by atoms with E-state index in [1.165, 1.54) is 0 Å². The minimum atomic E-state index is 0. The van der Waals surface area contributed by atoms with E-state index in [1.807, 2.05) is 0 Å². The van der Waals surface area contributed by atoms with Gasteiger partial charge >= 0.3 is 106 Å². The molecule has 0 unspecified atom stereocenters. The smallest absolute Gasteiger partial charge is 0.512 e. The minimum absolute atomic E-state index is 0. The molecule has 0 saturated carbocycles. The van der Waals surface area contributed by atoms with E-state index in [1.54, 1.807) is 0 Å². The maximum atomic E-state index is 6.25. The van der Waals surface area contributed by atoms with E-state index in [2.05, 4.69) is 0 Å². The van der Waals surface area contributed by atoms with Crippen molar-refractivity contribution in [2.45, 2.75) is 0 Å². The van der Waals surface area contributed by atoms with Gasteiger partial charge in [-0.15, -0.1) is 0 Å². The Balaban J connectivity index is -0.00000000240. The van der Waals surface area contributed by atoms with Crippen molar-refractivity contribution in [1.82, 2.24) is 6.15 Å².